The average molecular weight is 200 g/mol. The summed E-state index contributed by atoms with van der Waals surface area (Å²) >= 11 is 0. The van der Waals surface area contributed by atoms with Gasteiger partial charge in [0.25, 0.3) is 0 Å². The Balaban J connectivity index is 2.66. The van der Waals surface area contributed by atoms with E-state index in [1.54, 1.807) is 0 Å². The Hall–Kier alpha value is -0.120. The molecule has 14 heavy (non-hydrogen) atoms. The summed E-state index contributed by atoms with van der Waals surface area (Å²) in [5.74, 6) is 0. The van der Waals surface area contributed by atoms with E-state index in [-0.39, 0.29) is 5.41 Å². The first kappa shape index (κ1) is 12.0. The minimum Gasteiger partial charge on any atom is -0.374 e. The zero-order valence-corrected chi connectivity index (χ0v) is 10.1. The van der Waals surface area contributed by atoms with Crippen LogP contribution < -0.4 is 5.32 Å². The summed E-state index contributed by atoms with van der Waals surface area (Å²) < 4.78 is 5.82. The predicted octanol–water partition coefficient (Wildman–Crippen LogP) is 0.951. The number of rotatable bonds is 2. The van der Waals surface area contributed by atoms with Crippen molar-refractivity contribution in [1.82, 2.24) is 10.2 Å². The molecule has 0 bridgehead atoms. The lowest BCUT2D eigenvalue weighted by Gasteiger charge is -2.42. The second kappa shape index (κ2) is 4.60. The van der Waals surface area contributed by atoms with Crippen molar-refractivity contribution in [3.63, 3.8) is 0 Å². The van der Waals surface area contributed by atoms with E-state index in [4.69, 9.17) is 4.74 Å². The van der Waals surface area contributed by atoms with Crippen molar-refractivity contribution in [2.24, 2.45) is 5.41 Å². The molecule has 0 saturated carbocycles. The molecule has 1 N–H and O–H groups in total. The SMILES string of the molecule is CN(C)C(C1CNCCO1)C(C)(C)C. The first-order valence-electron chi connectivity index (χ1n) is 5.41. The summed E-state index contributed by atoms with van der Waals surface area (Å²) in [5, 5.41) is 3.39. The van der Waals surface area contributed by atoms with Gasteiger partial charge in [0.1, 0.15) is 0 Å². The molecule has 0 aromatic carbocycles. The zero-order valence-electron chi connectivity index (χ0n) is 10.1. The average Bonchev–Trinajstić information content (AvgIpc) is 2.02. The van der Waals surface area contributed by atoms with Crippen LogP contribution in [0.3, 0.4) is 0 Å². The van der Waals surface area contributed by atoms with Gasteiger partial charge in [0.2, 0.25) is 0 Å². The van der Waals surface area contributed by atoms with Crippen LogP contribution in [0.2, 0.25) is 0 Å². The summed E-state index contributed by atoms with van der Waals surface area (Å²) in [6.07, 6.45) is 0.318. The summed E-state index contributed by atoms with van der Waals surface area (Å²) in [7, 11) is 4.27. The van der Waals surface area contributed by atoms with Crippen molar-refractivity contribution in [2.45, 2.75) is 32.9 Å². The van der Waals surface area contributed by atoms with Crippen LogP contribution >= 0.6 is 0 Å². The van der Waals surface area contributed by atoms with Gasteiger partial charge in [-0.05, 0) is 19.5 Å². The Kier molecular flexibility index (Phi) is 3.93. The van der Waals surface area contributed by atoms with Gasteiger partial charge in [-0.15, -0.1) is 0 Å². The summed E-state index contributed by atoms with van der Waals surface area (Å²) in [5.41, 5.74) is 0.257. The van der Waals surface area contributed by atoms with Crippen LogP contribution in [0.15, 0.2) is 0 Å². The maximum absolute atomic E-state index is 5.82. The third kappa shape index (κ3) is 2.94. The maximum atomic E-state index is 5.82. The van der Waals surface area contributed by atoms with E-state index in [1.165, 1.54) is 0 Å². The van der Waals surface area contributed by atoms with Gasteiger partial charge in [0.15, 0.2) is 0 Å². The third-order valence-electron chi connectivity index (χ3n) is 2.75. The quantitative estimate of drug-likeness (QED) is 0.718. The van der Waals surface area contributed by atoms with E-state index >= 15 is 0 Å². The standard InChI is InChI=1S/C11H24N2O/c1-11(2,3)10(13(4)5)9-8-12-6-7-14-9/h9-10,12H,6-8H2,1-5H3. The van der Waals surface area contributed by atoms with Gasteiger partial charge in [-0.3, -0.25) is 0 Å². The topological polar surface area (TPSA) is 24.5 Å². The van der Waals surface area contributed by atoms with E-state index in [1.807, 2.05) is 0 Å². The highest BCUT2D eigenvalue weighted by atomic mass is 16.5. The number of ether oxygens (including phenoxy) is 1. The van der Waals surface area contributed by atoms with Gasteiger partial charge in [-0.25, -0.2) is 0 Å². The number of likely N-dealkylation sites (N-methyl/N-ethyl adjacent to an activating group) is 1. The predicted molar refractivity (Wildman–Crippen MR) is 59.5 cm³/mol. The van der Waals surface area contributed by atoms with Crippen LogP contribution in [0, 0.1) is 5.41 Å². The Morgan fingerprint density at radius 3 is 2.36 bits per heavy atom. The van der Waals surface area contributed by atoms with Crippen LogP contribution in [0.4, 0.5) is 0 Å². The highest BCUT2D eigenvalue weighted by Crippen LogP contribution is 2.27. The van der Waals surface area contributed by atoms with E-state index in [2.05, 4.69) is 45.1 Å². The van der Waals surface area contributed by atoms with Gasteiger partial charge >= 0.3 is 0 Å². The van der Waals surface area contributed by atoms with Crippen molar-refractivity contribution in [2.75, 3.05) is 33.8 Å². The van der Waals surface area contributed by atoms with E-state index in [0.717, 1.165) is 19.7 Å². The Morgan fingerprint density at radius 1 is 1.36 bits per heavy atom. The Morgan fingerprint density at radius 2 is 2.00 bits per heavy atom. The molecule has 3 nitrogen and oxygen atoms in total. The summed E-state index contributed by atoms with van der Waals surface area (Å²) in [6.45, 7) is 9.62. The van der Waals surface area contributed by atoms with Gasteiger partial charge < -0.3 is 15.0 Å². The van der Waals surface area contributed by atoms with Gasteiger partial charge in [-0.2, -0.15) is 0 Å². The first-order valence-corrected chi connectivity index (χ1v) is 5.41. The van der Waals surface area contributed by atoms with Gasteiger partial charge in [0.05, 0.1) is 12.7 Å². The summed E-state index contributed by atoms with van der Waals surface area (Å²) in [6, 6.07) is 0.468. The number of nitrogens with one attached hydrogen (secondary N) is 1. The van der Waals surface area contributed by atoms with Crippen LogP contribution in [-0.4, -0.2) is 50.8 Å². The fourth-order valence-electron chi connectivity index (χ4n) is 2.45. The fourth-order valence-corrected chi connectivity index (χ4v) is 2.45. The third-order valence-corrected chi connectivity index (χ3v) is 2.75. The molecule has 1 fully saturated rings. The molecule has 0 amide bonds. The lowest BCUT2D eigenvalue weighted by molar-refractivity contribution is -0.0534. The molecule has 3 heteroatoms. The number of nitrogens with zero attached hydrogens (tertiary/aromatic N) is 1. The molecule has 0 spiro atoms. The van der Waals surface area contributed by atoms with Crippen molar-refractivity contribution in [3.8, 4) is 0 Å². The molecule has 1 aliphatic heterocycles. The molecule has 0 aromatic rings. The van der Waals surface area contributed by atoms with Crippen molar-refractivity contribution in [3.05, 3.63) is 0 Å². The molecular formula is C11H24N2O. The van der Waals surface area contributed by atoms with Crippen molar-refractivity contribution >= 4 is 0 Å². The van der Waals surface area contributed by atoms with Crippen LogP contribution in [0.25, 0.3) is 0 Å². The highest BCUT2D eigenvalue weighted by Gasteiger charge is 2.35. The first-order chi connectivity index (χ1) is 6.43. The van der Waals surface area contributed by atoms with Crippen LogP contribution in [0.5, 0.6) is 0 Å². The summed E-state index contributed by atoms with van der Waals surface area (Å²) in [4.78, 5) is 2.28. The van der Waals surface area contributed by atoms with Gasteiger partial charge in [0, 0.05) is 19.1 Å². The van der Waals surface area contributed by atoms with E-state index in [9.17, 15) is 0 Å². The lowest BCUT2D eigenvalue weighted by atomic mass is 9.82. The molecule has 1 heterocycles. The minimum absolute atomic E-state index is 0.257. The second-order valence-corrected chi connectivity index (χ2v) is 5.39. The zero-order chi connectivity index (χ0) is 10.8. The maximum Gasteiger partial charge on any atom is 0.0859 e. The smallest absolute Gasteiger partial charge is 0.0859 e. The molecule has 2 atom stereocenters. The molecule has 1 saturated heterocycles. The second-order valence-electron chi connectivity index (χ2n) is 5.39. The van der Waals surface area contributed by atoms with E-state index < -0.39 is 0 Å². The normalized spacial score (nSPS) is 26.6. The Bertz CT molecular complexity index is 169. The molecule has 0 aliphatic carbocycles. The monoisotopic (exact) mass is 200 g/mol. The number of hydrogen-bond donors (Lipinski definition) is 1. The molecule has 0 aromatic heterocycles. The molecule has 1 rings (SSSR count). The van der Waals surface area contributed by atoms with Crippen molar-refractivity contribution < 1.29 is 4.74 Å². The largest absolute Gasteiger partial charge is 0.374 e. The highest BCUT2D eigenvalue weighted by molar-refractivity contribution is 4.89. The lowest BCUT2D eigenvalue weighted by Crippen LogP contribution is -2.55. The molecule has 2 unspecified atom stereocenters. The van der Waals surface area contributed by atoms with E-state index in [0.29, 0.717) is 12.1 Å². The Labute approximate surface area is 87.8 Å². The number of hydrogen-bond acceptors (Lipinski definition) is 3. The molecule has 0 radical (unpaired) electrons. The molecular weight excluding hydrogens is 176 g/mol. The van der Waals surface area contributed by atoms with Gasteiger partial charge in [-0.1, -0.05) is 20.8 Å². The van der Waals surface area contributed by atoms with Crippen LogP contribution in [-0.2, 0) is 4.74 Å². The molecule has 1 aliphatic rings. The molecule has 84 valence electrons. The van der Waals surface area contributed by atoms with Crippen molar-refractivity contribution in [1.29, 1.82) is 0 Å². The number of morpholine rings is 1. The fraction of sp³-hybridized carbons (Fsp3) is 1.00. The minimum atomic E-state index is 0.257. The van der Waals surface area contributed by atoms with Crippen LogP contribution in [0.1, 0.15) is 20.8 Å².